The molecule has 0 amide bonds. The van der Waals surface area contributed by atoms with E-state index in [1.165, 1.54) is 0 Å². The summed E-state index contributed by atoms with van der Waals surface area (Å²) in [6, 6.07) is 0. The maximum Gasteiger partial charge on any atom is 0 e. The van der Waals surface area contributed by atoms with E-state index in [1.54, 1.807) is 0 Å². The summed E-state index contributed by atoms with van der Waals surface area (Å²) in [5, 5.41) is 0.801. The summed E-state index contributed by atoms with van der Waals surface area (Å²) >= 11 is 3.83. The van der Waals surface area contributed by atoms with Gasteiger partial charge in [-0.15, -0.1) is 0 Å². The minimum absolute atomic E-state index is 0. The summed E-state index contributed by atoms with van der Waals surface area (Å²) in [4.78, 5) is 0. The molecule has 0 rings (SSSR count). The predicted octanol–water partition coefficient (Wildman–Crippen LogP) is 2.04. The average Bonchev–Trinajstić information content (AvgIpc) is 1.73. The van der Waals surface area contributed by atoms with Crippen molar-refractivity contribution in [1.29, 1.82) is 0 Å². The Morgan fingerprint density at radius 3 is 1.50 bits per heavy atom. The molecule has 0 aromatic carbocycles. The molecule has 0 aromatic heterocycles. The Hall–Kier alpha value is 1.58. The molecule has 0 unspecified atom stereocenters. The van der Waals surface area contributed by atoms with Gasteiger partial charge in [0, 0.05) is 21.1 Å². The van der Waals surface area contributed by atoms with Crippen LogP contribution in [0.25, 0.3) is 3.76 Å². The first-order valence-corrected chi connectivity index (χ1v) is 3.88. The molecule has 0 aliphatic carbocycles. The van der Waals surface area contributed by atoms with E-state index in [1.807, 2.05) is 32.7 Å². The molecule has 0 aliphatic rings. The van der Waals surface area contributed by atoms with E-state index >= 15 is 0 Å². The fourth-order valence-corrected chi connectivity index (χ4v) is 0. The van der Waals surface area contributed by atoms with Crippen molar-refractivity contribution < 1.29 is 42.0 Å². The number of hydrogen-bond acceptors (Lipinski definition) is 1. The zero-order valence-electron chi connectivity index (χ0n) is 5.14. The fourth-order valence-electron chi connectivity index (χ4n) is 0. The molecular formula is C4H10AgNSW-. The molecule has 8 heavy (non-hydrogen) atoms. The van der Waals surface area contributed by atoms with Crippen molar-refractivity contribution in [2.24, 2.45) is 0 Å². The summed E-state index contributed by atoms with van der Waals surface area (Å²) in [7, 11) is 0. The van der Waals surface area contributed by atoms with Gasteiger partial charge < -0.3 is 0 Å². The number of rotatable bonds is 1. The Bertz CT molecular complexity index is 37.2. The van der Waals surface area contributed by atoms with Gasteiger partial charge in [0.25, 0.3) is 0 Å². The van der Waals surface area contributed by atoms with Crippen LogP contribution in [0.3, 0.4) is 0 Å². The normalized spacial score (nSPS) is 6.75. The Kier molecular flexibility index (Phi) is 32.2. The number of nitrogens with zero attached hydrogens (tertiary/aromatic N) is 1. The molecule has 0 saturated heterocycles. The van der Waals surface area contributed by atoms with Crippen molar-refractivity contribution in [3.8, 4) is 0 Å². The van der Waals surface area contributed by atoms with Crippen LogP contribution >= 0.6 is 11.8 Å². The van der Waals surface area contributed by atoms with Crippen molar-refractivity contribution in [2.75, 3.05) is 6.26 Å². The van der Waals surface area contributed by atoms with Crippen molar-refractivity contribution in [3.63, 3.8) is 0 Å². The Morgan fingerprint density at radius 2 is 1.50 bits per heavy atom. The van der Waals surface area contributed by atoms with Crippen LogP contribution in [0.2, 0.25) is 0 Å². The Morgan fingerprint density at radius 1 is 1.38 bits per heavy atom. The monoisotopic (exact) mass is 395 g/mol. The molecule has 0 bridgehead atoms. The van der Waals surface area contributed by atoms with E-state index in [9.17, 15) is 0 Å². The third kappa shape index (κ3) is 25.6. The maximum atomic E-state index is 6.81. The standard InChI is InChI=1S/C4H10S.Ag.N.W/c1-4(2)5-3;;;/h4H,1-3H3;;;/q;;-1;. The van der Waals surface area contributed by atoms with Gasteiger partial charge in [0.15, 0.2) is 0 Å². The summed E-state index contributed by atoms with van der Waals surface area (Å²) in [5.74, 6) is 0. The molecule has 0 atom stereocenters. The van der Waals surface area contributed by atoms with Crippen molar-refractivity contribution in [2.45, 2.75) is 19.1 Å². The molecule has 4 heteroatoms. The molecule has 0 N–H and O–H groups in total. The molecule has 55 valence electrons. The molecule has 0 aromatic rings. The second-order valence-electron chi connectivity index (χ2n) is 1.28. The molecule has 0 aliphatic heterocycles. The third-order valence-corrected chi connectivity index (χ3v) is 1.41. The Balaban J connectivity index is -0.0000000750. The van der Waals surface area contributed by atoms with Crippen LogP contribution in [0.5, 0.6) is 0 Å². The molecule has 0 saturated carbocycles. The van der Waals surface area contributed by atoms with Crippen LogP contribution in [-0.2, 0) is 42.0 Å². The summed E-state index contributed by atoms with van der Waals surface area (Å²) in [6.45, 7) is 4.37. The summed E-state index contributed by atoms with van der Waals surface area (Å²) in [5.41, 5.74) is 0. The zero-order chi connectivity index (χ0) is 6.28. The molecule has 1 nitrogen and oxygen atoms in total. The smallest absolute Gasteiger partial charge is 0 e. The van der Waals surface area contributed by atoms with Gasteiger partial charge in [-0.25, -0.2) is 0 Å². The fraction of sp³-hybridized carbons (Fsp3) is 1.00. The van der Waals surface area contributed by atoms with Gasteiger partial charge in [-0.3, -0.25) is 0 Å². The van der Waals surface area contributed by atoms with Gasteiger partial charge in [0.05, 0.1) is 0 Å². The number of thioether (sulfide) groups is 1. The summed E-state index contributed by atoms with van der Waals surface area (Å²) < 4.78 is 6.81. The van der Waals surface area contributed by atoms with Crippen molar-refractivity contribution in [1.82, 2.24) is 0 Å². The second-order valence-corrected chi connectivity index (χ2v) is 2.70. The van der Waals surface area contributed by atoms with Crippen LogP contribution < -0.4 is 0 Å². The molecule has 0 fully saturated rings. The van der Waals surface area contributed by atoms with E-state index in [-0.39, 0.29) is 21.1 Å². The third-order valence-electron chi connectivity index (χ3n) is 0.471. The first-order valence-electron chi connectivity index (χ1n) is 1.93. The van der Waals surface area contributed by atoms with E-state index in [4.69, 9.17) is 3.76 Å². The topological polar surface area (TPSA) is 22.3 Å². The van der Waals surface area contributed by atoms with Gasteiger partial charge >= 0.3 is 24.6 Å². The second kappa shape index (κ2) is 15.8. The van der Waals surface area contributed by atoms with Gasteiger partial charge in [-0.2, -0.15) is 11.8 Å². The van der Waals surface area contributed by atoms with Gasteiger partial charge in [-0.1, -0.05) is 13.8 Å². The molecule has 0 radical (unpaired) electrons. The van der Waals surface area contributed by atoms with E-state index in [0.717, 1.165) is 5.25 Å². The van der Waals surface area contributed by atoms with Gasteiger partial charge in [0.1, 0.15) is 0 Å². The zero-order valence-corrected chi connectivity index (χ0v) is 10.4. The van der Waals surface area contributed by atoms with Crippen LogP contribution in [0.1, 0.15) is 13.8 Å². The van der Waals surface area contributed by atoms with Crippen LogP contribution in [0.4, 0.5) is 0 Å². The quantitative estimate of drug-likeness (QED) is 0.623. The number of hydrogen-bond donors (Lipinski definition) is 0. The van der Waals surface area contributed by atoms with Crippen molar-refractivity contribution in [3.05, 3.63) is 3.76 Å². The largest absolute Gasteiger partial charge is 0 e. The molecule has 0 spiro atoms. The van der Waals surface area contributed by atoms with Crippen LogP contribution in [-0.4, -0.2) is 11.5 Å². The molecular weight excluding hydrogens is 386 g/mol. The first kappa shape index (κ1) is 16.3. The minimum Gasteiger partial charge on any atom is 0 e. The van der Waals surface area contributed by atoms with Gasteiger partial charge in [0.2, 0.25) is 0 Å². The average molecular weight is 396 g/mol. The van der Waals surface area contributed by atoms with E-state index < -0.39 is 0 Å². The predicted molar refractivity (Wildman–Crippen MR) is 32.0 cm³/mol. The Labute approximate surface area is 82.2 Å². The van der Waals surface area contributed by atoms with Gasteiger partial charge in [-0.05, 0) is 11.5 Å². The van der Waals surface area contributed by atoms with E-state index in [2.05, 4.69) is 20.1 Å². The van der Waals surface area contributed by atoms with E-state index in [0.29, 0.717) is 0 Å². The maximum absolute atomic E-state index is 6.81. The molecule has 0 heterocycles. The van der Waals surface area contributed by atoms with Crippen LogP contribution in [0.15, 0.2) is 0 Å². The van der Waals surface area contributed by atoms with Crippen LogP contribution in [0, 0.1) is 0 Å². The van der Waals surface area contributed by atoms with Crippen molar-refractivity contribution >= 4 is 11.8 Å². The first-order chi connectivity index (χ1) is 3.27. The minimum atomic E-state index is 0. The SMILES string of the molecule is CSC(C)C.[N-]=[Ag].[W]. The summed E-state index contributed by atoms with van der Waals surface area (Å²) in [6.07, 6.45) is 2.12.